The SMILES string of the molecule is O=C/C(=C\c1cc(O)ccc1O)COCCCc1ccccc1. The second kappa shape index (κ2) is 8.76. The molecule has 23 heavy (non-hydrogen) atoms. The molecule has 0 saturated carbocycles. The van der Waals surface area contributed by atoms with Crippen LogP contribution in [-0.2, 0) is 16.0 Å². The molecule has 0 amide bonds. The fraction of sp³-hybridized carbons (Fsp3) is 0.211. The standard InChI is InChI=1S/C19H20O4/c20-13-16(11-17-12-18(21)8-9-19(17)22)14-23-10-4-7-15-5-2-1-3-6-15/h1-3,5-6,8-9,11-13,21-22H,4,7,10,14H2/b16-11+. The van der Waals surface area contributed by atoms with Gasteiger partial charge in [-0.3, -0.25) is 4.79 Å². The number of aryl methyl sites for hydroxylation is 1. The number of aromatic hydroxyl groups is 2. The third-order valence-corrected chi connectivity index (χ3v) is 3.37. The first-order chi connectivity index (χ1) is 11.2. The predicted octanol–water partition coefficient (Wildman–Crippen LogP) is 3.33. The molecule has 0 fully saturated rings. The summed E-state index contributed by atoms with van der Waals surface area (Å²) >= 11 is 0. The monoisotopic (exact) mass is 312 g/mol. The number of benzene rings is 2. The lowest BCUT2D eigenvalue weighted by atomic mass is 10.1. The van der Waals surface area contributed by atoms with Gasteiger partial charge in [-0.2, -0.15) is 0 Å². The minimum Gasteiger partial charge on any atom is -0.508 e. The lowest BCUT2D eigenvalue weighted by molar-refractivity contribution is -0.105. The van der Waals surface area contributed by atoms with Gasteiger partial charge in [0.05, 0.1) is 6.61 Å². The van der Waals surface area contributed by atoms with Crippen molar-refractivity contribution in [2.24, 2.45) is 0 Å². The Hall–Kier alpha value is -2.59. The molecular weight excluding hydrogens is 292 g/mol. The lowest BCUT2D eigenvalue weighted by Gasteiger charge is -2.06. The largest absolute Gasteiger partial charge is 0.508 e. The van der Waals surface area contributed by atoms with Crippen molar-refractivity contribution in [3.05, 3.63) is 65.2 Å². The summed E-state index contributed by atoms with van der Waals surface area (Å²) in [4.78, 5) is 11.1. The fourth-order valence-corrected chi connectivity index (χ4v) is 2.18. The maximum atomic E-state index is 11.1. The number of carbonyl (C=O) groups excluding carboxylic acids is 1. The van der Waals surface area contributed by atoms with E-state index in [4.69, 9.17) is 4.74 Å². The summed E-state index contributed by atoms with van der Waals surface area (Å²) in [5, 5.41) is 19.1. The van der Waals surface area contributed by atoms with Crippen LogP contribution in [0.3, 0.4) is 0 Å². The average Bonchev–Trinajstić information content (AvgIpc) is 2.57. The minimum atomic E-state index is 0.00577. The van der Waals surface area contributed by atoms with Gasteiger partial charge in [0.15, 0.2) is 0 Å². The normalized spacial score (nSPS) is 11.4. The number of aldehydes is 1. The highest BCUT2D eigenvalue weighted by Gasteiger charge is 2.03. The summed E-state index contributed by atoms with van der Waals surface area (Å²) in [5.74, 6) is 0.0364. The third kappa shape index (κ3) is 5.60. The van der Waals surface area contributed by atoms with Crippen molar-refractivity contribution < 1.29 is 19.7 Å². The number of phenolic OH excluding ortho intramolecular Hbond substituents is 2. The van der Waals surface area contributed by atoms with Crippen molar-refractivity contribution in [3.8, 4) is 11.5 Å². The van der Waals surface area contributed by atoms with Gasteiger partial charge in [0.25, 0.3) is 0 Å². The van der Waals surface area contributed by atoms with E-state index in [9.17, 15) is 15.0 Å². The molecule has 0 unspecified atom stereocenters. The average molecular weight is 312 g/mol. The molecule has 0 radical (unpaired) electrons. The topological polar surface area (TPSA) is 66.8 Å². The maximum Gasteiger partial charge on any atom is 0.148 e. The van der Waals surface area contributed by atoms with E-state index in [1.807, 2.05) is 18.2 Å². The van der Waals surface area contributed by atoms with Gasteiger partial charge in [-0.05, 0) is 42.7 Å². The molecule has 0 atom stereocenters. The van der Waals surface area contributed by atoms with Gasteiger partial charge < -0.3 is 14.9 Å². The molecule has 0 aliphatic rings. The summed E-state index contributed by atoms with van der Waals surface area (Å²) in [7, 11) is 0. The number of phenols is 2. The summed E-state index contributed by atoms with van der Waals surface area (Å²) in [6, 6.07) is 14.3. The Morgan fingerprint density at radius 3 is 2.61 bits per heavy atom. The number of ether oxygens (including phenoxy) is 1. The number of hydrogen-bond acceptors (Lipinski definition) is 4. The molecule has 0 spiro atoms. The Bertz CT molecular complexity index is 662. The van der Waals surface area contributed by atoms with E-state index in [0.717, 1.165) is 12.8 Å². The second-order valence-electron chi connectivity index (χ2n) is 5.22. The molecule has 0 aliphatic carbocycles. The summed E-state index contributed by atoms with van der Waals surface area (Å²) in [6.45, 7) is 0.722. The van der Waals surface area contributed by atoms with Gasteiger partial charge in [0.1, 0.15) is 17.8 Å². The van der Waals surface area contributed by atoms with Crippen molar-refractivity contribution in [2.75, 3.05) is 13.2 Å². The van der Waals surface area contributed by atoms with Gasteiger partial charge in [-0.15, -0.1) is 0 Å². The fourth-order valence-electron chi connectivity index (χ4n) is 2.18. The van der Waals surface area contributed by atoms with E-state index in [2.05, 4.69) is 12.1 Å². The zero-order valence-corrected chi connectivity index (χ0v) is 12.8. The van der Waals surface area contributed by atoms with Crippen LogP contribution in [0.4, 0.5) is 0 Å². The first-order valence-electron chi connectivity index (χ1n) is 7.48. The van der Waals surface area contributed by atoms with E-state index in [1.54, 1.807) is 0 Å². The van der Waals surface area contributed by atoms with Gasteiger partial charge in [-0.1, -0.05) is 30.3 Å². The molecule has 2 aromatic carbocycles. The molecule has 4 nitrogen and oxygen atoms in total. The van der Waals surface area contributed by atoms with E-state index in [-0.39, 0.29) is 18.1 Å². The molecular formula is C19H20O4. The molecule has 2 aromatic rings. The van der Waals surface area contributed by atoms with Crippen LogP contribution >= 0.6 is 0 Å². The van der Waals surface area contributed by atoms with Crippen LogP contribution in [0.25, 0.3) is 6.08 Å². The van der Waals surface area contributed by atoms with E-state index < -0.39 is 0 Å². The van der Waals surface area contributed by atoms with Crippen LogP contribution in [0.2, 0.25) is 0 Å². The second-order valence-corrected chi connectivity index (χ2v) is 5.22. The van der Waals surface area contributed by atoms with Crippen LogP contribution in [0.1, 0.15) is 17.5 Å². The minimum absolute atomic E-state index is 0.00577. The third-order valence-electron chi connectivity index (χ3n) is 3.37. The number of rotatable bonds is 8. The van der Waals surface area contributed by atoms with Crippen LogP contribution in [-0.4, -0.2) is 29.7 Å². The molecule has 0 saturated heterocycles. The maximum absolute atomic E-state index is 11.1. The Labute approximate surface area is 135 Å². The van der Waals surface area contributed by atoms with Crippen molar-refractivity contribution in [1.82, 2.24) is 0 Å². The van der Waals surface area contributed by atoms with Crippen molar-refractivity contribution >= 4 is 12.4 Å². The summed E-state index contributed by atoms with van der Waals surface area (Å²) < 4.78 is 5.51. The van der Waals surface area contributed by atoms with Gasteiger partial charge in [0.2, 0.25) is 0 Å². The van der Waals surface area contributed by atoms with Crippen LogP contribution in [0, 0.1) is 0 Å². The summed E-state index contributed by atoms with van der Waals surface area (Å²) in [6.07, 6.45) is 4.00. The number of carbonyl (C=O) groups is 1. The van der Waals surface area contributed by atoms with Crippen LogP contribution in [0.5, 0.6) is 11.5 Å². The zero-order chi connectivity index (χ0) is 16.5. The van der Waals surface area contributed by atoms with Crippen molar-refractivity contribution in [2.45, 2.75) is 12.8 Å². The van der Waals surface area contributed by atoms with E-state index >= 15 is 0 Å². The first-order valence-corrected chi connectivity index (χ1v) is 7.48. The predicted molar refractivity (Wildman–Crippen MR) is 89.4 cm³/mol. The molecule has 120 valence electrons. The Kier molecular flexibility index (Phi) is 6.39. The molecule has 2 rings (SSSR count). The van der Waals surface area contributed by atoms with Gasteiger partial charge >= 0.3 is 0 Å². The first kappa shape index (κ1) is 16.8. The van der Waals surface area contributed by atoms with Crippen LogP contribution in [0.15, 0.2) is 54.1 Å². The number of hydrogen-bond donors (Lipinski definition) is 2. The van der Waals surface area contributed by atoms with E-state index in [0.29, 0.717) is 24.0 Å². The highest BCUT2D eigenvalue weighted by molar-refractivity contribution is 5.83. The van der Waals surface area contributed by atoms with Crippen molar-refractivity contribution in [1.29, 1.82) is 0 Å². The Balaban J connectivity index is 1.82. The summed E-state index contributed by atoms with van der Waals surface area (Å²) in [5.41, 5.74) is 2.05. The van der Waals surface area contributed by atoms with Gasteiger partial charge in [-0.25, -0.2) is 0 Å². The Morgan fingerprint density at radius 1 is 1.09 bits per heavy atom. The lowest BCUT2D eigenvalue weighted by Crippen LogP contribution is -2.02. The van der Waals surface area contributed by atoms with Crippen LogP contribution < -0.4 is 0 Å². The molecule has 2 N–H and O–H groups in total. The van der Waals surface area contributed by atoms with E-state index in [1.165, 1.54) is 29.8 Å². The molecule has 0 heterocycles. The Morgan fingerprint density at radius 2 is 1.87 bits per heavy atom. The van der Waals surface area contributed by atoms with Gasteiger partial charge in [0, 0.05) is 17.7 Å². The molecule has 0 aliphatic heterocycles. The molecule has 4 heteroatoms. The smallest absolute Gasteiger partial charge is 0.148 e. The molecule has 0 bridgehead atoms. The quantitative estimate of drug-likeness (QED) is 0.339. The van der Waals surface area contributed by atoms with Crippen molar-refractivity contribution in [3.63, 3.8) is 0 Å². The highest BCUT2D eigenvalue weighted by Crippen LogP contribution is 2.24. The highest BCUT2D eigenvalue weighted by atomic mass is 16.5. The zero-order valence-electron chi connectivity index (χ0n) is 12.8. The molecule has 0 aromatic heterocycles.